The van der Waals surface area contributed by atoms with E-state index in [4.69, 9.17) is 4.42 Å². The van der Waals surface area contributed by atoms with Crippen molar-refractivity contribution in [2.24, 2.45) is 0 Å². The molecule has 0 aromatic carbocycles. The Balaban J connectivity index is 1.60. The van der Waals surface area contributed by atoms with Gasteiger partial charge in [0.2, 0.25) is 18.2 Å². The highest BCUT2D eigenvalue weighted by atomic mass is 16.4. The zero-order valence-corrected chi connectivity index (χ0v) is 14.3. The van der Waals surface area contributed by atoms with E-state index in [1.54, 1.807) is 11.8 Å². The number of aliphatic hydroxyl groups excluding tert-OH is 1. The lowest BCUT2D eigenvalue weighted by Gasteiger charge is -2.50. The van der Waals surface area contributed by atoms with Crippen LogP contribution < -0.4 is 0 Å². The number of Topliss-reactive ketones (excluding diaryl/α,β-unsaturated/α-hetero) is 1. The molecule has 2 aliphatic heterocycles. The molecule has 3 rings (SSSR count). The smallest absolute Gasteiger partial charge is 0.250 e. The number of hydrogen-bond donors (Lipinski definition) is 1. The molecule has 9 nitrogen and oxygen atoms in total. The standard InChI is InChI=1S/C16H22N4O5/c1-10(21)13(14-18-17-9-25-14)6-12(23)7-19-8-16(15(19)24)4-3-5-20(16)11(2)22/h9-10,13,21H,3-8H2,1-2H3/t10-,13+,16?/m1/s1. The SMILES string of the molecule is CC(=O)N1CCCC12CN(CC(=O)C[C@H](c1nnco1)[C@@H](C)O)C2=O. The average Bonchev–Trinajstić information content (AvgIpc) is 3.22. The molecule has 0 aliphatic carbocycles. The van der Waals surface area contributed by atoms with Crippen LogP contribution in [0.25, 0.3) is 0 Å². The summed E-state index contributed by atoms with van der Waals surface area (Å²) >= 11 is 0. The van der Waals surface area contributed by atoms with Gasteiger partial charge in [-0.05, 0) is 19.8 Å². The van der Waals surface area contributed by atoms with Gasteiger partial charge in [0, 0.05) is 19.9 Å². The second-order valence-electron chi connectivity index (χ2n) is 6.83. The lowest BCUT2D eigenvalue weighted by atomic mass is 9.85. The van der Waals surface area contributed by atoms with Crippen LogP contribution in [0.1, 0.15) is 44.9 Å². The zero-order valence-electron chi connectivity index (χ0n) is 14.3. The number of aromatic nitrogens is 2. The maximum Gasteiger partial charge on any atom is 0.250 e. The van der Waals surface area contributed by atoms with Gasteiger partial charge in [0.1, 0.15) is 5.54 Å². The van der Waals surface area contributed by atoms with Crippen molar-refractivity contribution >= 4 is 17.6 Å². The summed E-state index contributed by atoms with van der Waals surface area (Å²) in [6, 6.07) is 0. The highest BCUT2D eigenvalue weighted by Gasteiger charge is 2.59. The minimum Gasteiger partial charge on any atom is -0.428 e. The molecule has 2 aliphatic rings. The van der Waals surface area contributed by atoms with Crippen LogP contribution >= 0.6 is 0 Å². The van der Waals surface area contributed by atoms with Gasteiger partial charge in [0.05, 0.1) is 25.1 Å². The van der Waals surface area contributed by atoms with Crippen LogP contribution in [0.2, 0.25) is 0 Å². The van der Waals surface area contributed by atoms with E-state index in [0.29, 0.717) is 19.5 Å². The van der Waals surface area contributed by atoms with Gasteiger partial charge in [-0.1, -0.05) is 0 Å². The van der Waals surface area contributed by atoms with Gasteiger partial charge in [-0.2, -0.15) is 0 Å². The Morgan fingerprint density at radius 3 is 2.80 bits per heavy atom. The number of rotatable bonds is 6. The molecule has 1 aromatic rings. The van der Waals surface area contributed by atoms with E-state index in [2.05, 4.69) is 10.2 Å². The second-order valence-corrected chi connectivity index (χ2v) is 6.83. The molecule has 0 radical (unpaired) electrons. The summed E-state index contributed by atoms with van der Waals surface area (Å²) in [5, 5.41) is 17.2. The zero-order chi connectivity index (χ0) is 18.2. The van der Waals surface area contributed by atoms with Crippen LogP contribution in [-0.2, 0) is 14.4 Å². The Hall–Kier alpha value is -2.29. The van der Waals surface area contributed by atoms with E-state index in [0.717, 1.165) is 12.8 Å². The molecule has 1 unspecified atom stereocenters. The molecule has 2 amide bonds. The lowest BCUT2D eigenvalue weighted by Crippen LogP contribution is -2.73. The van der Waals surface area contributed by atoms with Gasteiger partial charge in [0.15, 0.2) is 5.78 Å². The van der Waals surface area contributed by atoms with E-state index >= 15 is 0 Å². The van der Waals surface area contributed by atoms with Gasteiger partial charge in [0.25, 0.3) is 5.91 Å². The molecule has 9 heteroatoms. The highest BCUT2D eigenvalue weighted by molar-refractivity contribution is 5.99. The van der Waals surface area contributed by atoms with Crippen molar-refractivity contribution in [3.05, 3.63) is 12.3 Å². The third kappa shape index (κ3) is 3.04. The van der Waals surface area contributed by atoms with Crippen LogP contribution in [0.15, 0.2) is 10.8 Å². The van der Waals surface area contributed by atoms with Gasteiger partial charge >= 0.3 is 0 Å². The van der Waals surface area contributed by atoms with Gasteiger partial charge in [-0.3, -0.25) is 14.4 Å². The molecule has 2 saturated heterocycles. The number of hydrogen-bond acceptors (Lipinski definition) is 7. The Morgan fingerprint density at radius 2 is 2.24 bits per heavy atom. The molecule has 1 spiro atoms. The molecule has 1 aromatic heterocycles. The topological polar surface area (TPSA) is 117 Å². The van der Waals surface area contributed by atoms with Gasteiger partial charge < -0.3 is 19.3 Å². The number of carbonyl (C=O) groups is 3. The molecule has 3 atom stereocenters. The Kier molecular flexibility index (Phi) is 4.59. The summed E-state index contributed by atoms with van der Waals surface area (Å²) in [5.41, 5.74) is -0.748. The second kappa shape index (κ2) is 6.55. The third-order valence-corrected chi connectivity index (χ3v) is 5.10. The summed E-state index contributed by atoms with van der Waals surface area (Å²) in [6.45, 7) is 3.95. The van der Waals surface area contributed by atoms with Crippen LogP contribution in [-0.4, -0.2) is 74.0 Å². The number of likely N-dealkylation sites (tertiary alicyclic amines) is 2. The van der Waals surface area contributed by atoms with E-state index in [1.807, 2.05) is 0 Å². The fourth-order valence-corrected chi connectivity index (χ4v) is 3.84. The van der Waals surface area contributed by atoms with Crippen molar-refractivity contribution in [2.75, 3.05) is 19.6 Å². The predicted octanol–water partition coefficient (Wildman–Crippen LogP) is -0.283. The van der Waals surface area contributed by atoms with E-state index in [1.165, 1.54) is 11.8 Å². The Morgan fingerprint density at radius 1 is 1.48 bits per heavy atom. The van der Waals surface area contributed by atoms with Crippen LogP contribution in [0.3, 0.4) is 0 Å². The Bertz CT molecular complexity index is 674. The van der Waals surface area contributed by atoms with Gasteiger partial charge in [-0.15, -0.1) is 10.2 Å². The molecule has 2 fully saturated rings. The summed E-state index contributed by atoms with van der Waals surface area (Å²) in [5.74, 6) is -0.865. The predicted molar refractivity (Wildman–Crippen MR) is 84.3 cm³/mol. The normalized spacial score (nSPS) is 25.2. The minimum atomic E-state index is -0.828. The number of nitrogens with zero attached hydrogens (tertiary/aromatic N) is 4. The molecule has 3 heterocycles. The van der Waals surface area contributed by atoms with Gasteiger partial charge in [-0.25, -0.2) is 0 Å². The minimum absolute atomic E-state index is 0.00701. The maximum atomic E-state index is 12.6. The molecule has 0 saturated carbocycles. The summed E-state index contributed by atoms with van der Waals surface area (Å²) in [4.78, 5) is 39.7. The fourth-order valence-electron chi connectivity index (χ4n) is 3.84. The quantitative estimate of drug-likeness (QED) is 0.701. The highest BCUT2D eigenvalue weighted by Crippen LogP contribution is 2.39. The van der Waals surface area contributed by atoms with E-state index < -0.39 is 17.6 Å². The van der Waals surface area contributed by atoms with Crippen molar-refractivity contribution in [2.45, 2.75) is 50.7 Å². The number of amides is 2. The van der Waals surface area contributed by atoms with Crippen molar-refractivity contribution in [1.82, 2.24) is 20.0 Å². The van der Waals surface area contributed by atoms with Crippen molar-refractivity contribution in [3.8, 4) is 0 Å². The van der Waals surface area contributed by atoms with Crippen LogP contribution in [0, 0.1) is 0 Å². The Labute approximate surface area is 145 Å². The number of carbonyl (C=O) groups excluding carboxylic acids is 3. The van der Waals surface area contributed by atoms with Crippen molar-refractivity contribution in [1.29, 1.82) is 0 Å². The molecule has 25 heavy (non-hydrogen) atoms. The number of aliphatic hydroxyl groups is 1. The van der Waals surface area contributed by atoms with Crippen molar-refractivity contribution in [3.63, 3.8) is 0 Å². The number of β-lactam (4-membered cyclic amide) rings is 1. The fraction of sp³-hybridized carbons (Fsp3) is 0.688. The van der Waals surface area contributed by atoms with Crippen LogP contribution in [0.4, 0.5) is 0 Å². The molecule has 1 N–H and O–H groups in total. The van der Waals surface area contributed by atoms with Crippen LogP contribution in [0.5, 0.6) is 0 Å². The first kappa shape index (κ1) is 17.5. The van der Waals surface area contributed by atoms with Crippen molar-refractivity contribution < 1.29 is 23.9 Å². The molecular formula is C16H22N4O5. The summed E-state index contributed by atoms with van der Waals surface area (Å²) in [7, 11) is 0. The summed E-state index contributed by atoms with van der Waals surface area (Å²) in [6.07, 6.45) is 1.77. The summed E-state index contributed by atoms with van der Waals surface area (Å²) < 4.78 is 5.08. The first-order chi connectivity index (χ1) is 11.8. The first-order valence-corrected chi connectivity index (χ1v) is 8.38. The third-order valence-electron chi connectivity index (χ3n) is 5.10. The lowest BCUT2D eigenvalue weighted by molar-refractivity contribution is -0.167. The van der Waals surface area contributed by atoms with E-state index in [-0.39, 0.29) is 36.5 Å². The van der Waals surface area contributed by atoms with E-state index in [9.17, 15) is 19.5 Å². The first-order valence-electron chi connectivity index (χ1n) is 8.38. The molecule has 0 bridgehead atoms. The monoisotopic (exact) mass is 350 g/mol. The molecule has 136 valence electrons. The average molecular weight is 350 g/mol. The molecular weight excluding hydrogens is 328 g/mol. The number of ketones is 1. The largest absolute Gasteiger partial charge is 0.428 e. The maximum absolute atomic E-state index is 12.6.